The van der Waals surface area contributed by atoms with Crippen LogP contribution in [0.2, 0.25) is 0 Å². The molecule has 4 rings (SSSR count). The molecular formula is C20H20N2O3S. The molecule has 0 aliphatic heterocycles. The normalized spacial score (nSPS) is 16.1. The van der Waals surface area contributed by atoms with E-state index in [0.29, 0.717) is 16.8 Å². The first-order valence-corrected chi connectivity index (χ1v) is 9.55. The fraction of sp³-hybridized carbons (Fsp3) is 0.300. The van der Waals surface area contributed by atoms with Gasteiger partial charge >= 0.3 is 0 Å². The van der Waals surface area contributed by atoms with E-state index in [0.717, 1.165) is 30.7 Å². The fourth-order valence-electron chi connectivity index (χ4n) is 3.00. The molecule has 0 bridgehead atoms. The highest BCUT2D eigenvalue weighted by molar-refractivity contribution is 7.15. The summed E-state index contributed by atoms with van der Waals surface area (Å²) in [5.74, 6) is 2.03. The van der Waals surface area contributed by atoms with Gasteiger partial charge in [0.1, 0.15) is 18.1 Å². The Bertz CT molecular complexity index is 901. The van der Waals surface area contributed by atoms with Gasteiger partial charge in [0.05, 0.1) is 5.69 Å². The maximum Gasteiger partial charge on any atom is 0.293 e. The van der Waals surface area contributed by atoms with Gasteiger partial charge in [-0.25, -0.2) is 4.98 Å². The highest BCUT2D eigenvalue weighted by atomic mass is 32.1. The number of anilines is 1. The number of aryl methyl sites for hydroxylation is 1. The molecule has 0 saturated heterocycles. The number of aromatic nitrogens is 1. The Morgan fingerprint density at radius 1 is 1.31 bits per heavy atom. The van der Waals surface area contributed by atoms with Gasteiger partial charge in [-0.3, -0.25) is 10.1 Å². The zero-order valence-corrected chi connectivity index (χ0v) is 15.3. The standard InChI is InChI=1S/C20H20N2O3S/c1-13-7-9-16-18(11-13)26-20(21-16)22-19(23)17-10-8-15(25-17)12-24-14-5-3-2-4-6-14/h2-6,8,10,13H,7,9,11-12H2,1H3,(H,21,22,23)/t13-/m0/s1. The van der Waals surface area contributed by atoms with Crippen LogP contribution in [0.4, 0.5) is 5.13 Å². The molecular weight excluding hydrogens is 348 g/mol. The summed E-state index contributed by atoms with van der Waals surface area (Å²) < 4.78 is 11.2. The van der Waals surface area contributed by atoms with Crippen molar-refractivity contribution in [3.05, 3.63) is 64.6 Å². The Morgan fingerprint density at radius 3 is 3.00 bits per heavy atom. The molecule has 26 heavy (non-hydrogen) atoms. The molecule has 1 N–H and O–H groups in total. The smallest absolute Gasteiger partial charge is 0.293 e. The van der Waals surface area contributed by atoms with E-state index < -0.39 is 0 Å². The van der Waals surface area contributed by atoms with Crippen molar-refractivity contribution in [2.45, 2.75) is 32.8 Å². The van der Waals surface area contributed by atoms with Crippen molar-refractivity contribution in [3.8, 4) is 5.75 Å². The van der Waals surface area contributed by atoms with Crippen LogP contribution >= 0.6 is 11.3 Å². The van der Waals surface area contributed by atoms with Gasteiger partial charge in [-0.2, -0.15) is 0 Å². The molecule has 5 nitrogen and oxygen atoms in total. The summed E-state index contributed by atoms with van der Waals surface area (Å²) in [5, 5.41) is 3.50. The molecule has 2 heterocycles. The van der Waals surface area contributed by atoms with Gasteiger partial charge < -0.3 is 9.15 Å². The maximum atomic E-state index is 12.4. The summed E-state index contributed by atoms with van der Waals surface area (Å²) in [6.07, 6.45) is 3.20. The summed E-state index contributed by atoms with van der Waals surface area (Å²) in [4.78, 5) is 18.2. The molecule has 1 atom stereocenters. The number of hydrogen-bond donors (Lipinski definition) is 1. The van der Waals surface area contributed by atoms with E-state index in [2.05, 4.69) is 17.2 Å². The van der Waals surface area contributed by atoms with E-state index in [1.807, 2.05) is 30.3 Å². The summed E-state index contributed by atoms with van der Waals surface area (Å²) in [6.45, 7) is 2.53. The number of carbonyl (C=O) groups is 1. The molecule has 3 aromatic rings. The Hall–Kier alpha value is -2.60. The first-order chi connectivity index (χ1) is 12.7. The van der Waals surface area contributed by atoms with Crippen molar-refractivity contribution in [3.63, 3.8) is 0 Å². The van der Waals surface area contributed by atoms with Crippen molar-refractivity contribution in [2.75, 3.05) is 5.32 Å². The molecule has 0 spiro atoms. The predicted molar refractivity (Wildman–Crippen MR) is 101 cm³/mol. The highest BCUT2D eigenvalue weighted by Crippen LogP contribution is 2.32. The SMILES string of the molecule is C[C@H]1CCc2nc(NC(=O)c3ccc(COc4ccccc4)o3)sc2C1. The number of amides is 1. The largest absolute Gasteiger partial charge is 0.486 e. The van der Waals surface area contributed by atoms with E-state index in [1.165, 1.54) is 4.88 Å². The lowest BCUT2D eigenvalue weighted by molar-refractivity contribution is 0.0992. The number of hydrogen-bond acceptors (Lipinski definition) is 5. The molecule has 1 amide bonds. The van der Waals surface area contributed by atoms with Crippen molar-refractivity contribution in [1.82, 2.24) is 4.98 Å². The topological polar surface area (TPSA) is 64.4 Å². The van der Waals surface area contributed by atoms with Crippen molar-refractivity contribution >= 4 is 22.4 Å². The number of nitrogens with one attached hydrogen (secondary N) is 1. The van der Waals surface area contributed by atoms with Crippen LogP contribution in [0, 0.1) is 5.92 Å². The van der Waals surface area contributed by atoms with E-state index in [-0.39, 0.29) is 18.3 Å². The number of rotatable bonds is 5. The summed E-state index contributed by atoms with van der Waals surface area (Å²) in [6, 6.07) is 12.9. The van der Waals surface area contributed by atoms with Crippen LogP contribution in [-0.4, -0.2) is 10.9 Å². The lowest BCUT2D eigenvalue weighted by atomic mass is 9.93. The Kier molecular flexibility index (Phi) is 4.75. The Balaban J connectivity index is 1.37. The average molecular weight is 368 g/mol. The van der Waals surface area contributed by atoms with E-state index in [9.17, 15) is 4.79 Å². The number of carbonyl (C=O) groups excluding carboxylic acids is 1. The summed E-state index contributed by atoms with van der Waals surface area (Å²) in [7, 11) is 0. The second-order valence-electron chi connectivity index (χ2n) is 6.56. The van der Waals surface area contributed by atoms with Crippen molar-refractivity contribution in [1.29, 1.82) is 0 Å². The number of thiazole rings is 1. The molecule has 0 saturated carbocycles. The molecule has 0 radical (unpaired) electrons. The monoisotopic (exact) mass is 368 g/mol. The van der Waals surface area contributed by atoms with Gasteiger partial charge in [0.25, 0.3) is 5.91 Å². The predicted octanol–water partition coefficient (Wildman–Crippen LogP) is 4.69. The molecule has 6 heteroatoms. The first-order valence-electron chi connectivity index (χ1n) is 8.74. The van der Waals surface area contributed by atoms with Crippen molar-refractivity contribution < 1.29 is 13.9 Å². The Morgan fingerprint density at radius 2 is 2.15 bits per heavy atom. The lowest BCUT2D eigenvalue weighted by Crippen LogP contribution is -2.11. The van der Waals surface area contributed by atoms with Crippen LogP contribution in [0.1, 0.15) is 40.2 Å². The zero-order valence-electron chi connectivity index (χ0n) is 14.5. The molecule has 134 valence electrons. The van der Waals surface area contributed by atoms with Gasteiger partial charge in [-0.15, -0.1) is 11.3 Å². The molecule has 1 aromatic carbocycles. The zero-order chi connectivity index (χ0) is 17.9. The van der Waals surface area contributed by atoms with Crippen LogP contribution in [0.25, 0.3) is 0 Å². The minimum atomic E-state index is -0.282. The average Bonchev–Trinajstić information content (AvgIpc) is 3.27. The number of nitrogens with zero attached hydrogens (tertiary/aromatic N) is 1. The number of fused-ring (bicyclic) bond motifs is 1. The van der Waals surface area contributed by atoms with Crippen molar-refractivity contribution in [2.24, 2.45) is 5.92 Å². The van der Waals surface area contributed by atoms with Gasteiger partial charge in [-0.1, -0.05) is 25.1 Å². The molecule has 1 aliphatic carbocycles. The third-order valence-electron chi connectivity index (χ3n) is 4.42. The molecule has 1 aliphatic rings. The second kappa shape index (κ2) is 7.33. The highest BCUT2D eigenvalue weighted by Gasteiger charge is 2.21. The number of para-hydroxylation sites is 1. The molecule has 0 fully saturated rings. The second-order valence-corrected chi connectivity index (χ2v) is 7.64. The molecule has 2 aromatic heterocycles. The van der Waals surface area contributed by atoms with Gasteiger partial charge in [-0.05, 0) is 49.4 Å². The van der Waals surface area contributed by atoms with Gasteiger partial charge in [0.2, 0.25) is 0 Å². The van der Waals surface area contributed by atoms with Crippen LogP contribution in [-0.2, 0) is 19.4 Å². The van der Waals surface area contributed by atoms with Gasteiger partial charge in [0.15, 0.2) is 10.9 Å². The van der Waals surface area contributed by atoms with E-state index in [4.69, 9.17) is 9.15 Å². The van der Waals surface area contributed by atoms with Crippen LogP contribution < -0.4 is 10.1 Å². The van der Waals surface area contributed by atoms with Crippen LogP contribution in [0.3, 0.4) is 0 Å². The lowest BCUT2D eigenvalue weighted by Gasteiger charge is -2.15. The van der Waals surface area contributed by atoms with Crippen LogP contribution in [0.5, 0.6) is 5.75 Å². The maximum absolute atomic E-state index is 12.4. The third kappa shape index (κ3) is 3.80. The minimum Gasteiger partial charge on any atom is -0.486 e. The Labute approximate surface area is 156 Å². The number of ether oxygens (including phenoxy) is 1. The third-order valence-corrected chi connectivity index (χ3v) is 5.45. The quantitative estimate of drug-likeness (QED) is 0.709. The van der Waals surface area contributed by atoms with Gasteiger partial charge in [0, 0.05) is 4.88 Å². The first kappa shape index (κ1) is 16.8. The summed E-state index contributed by atoms with van der Waals surface area (Å²) in [5.41, 5.74) is 1.12. The van der Waals surface area contributed by atoms with E-state index >= 15 is 0 Å². The molecule has 0 unspecified atom stereocenters. The minimum absolute atomic E-state index is 0.262. The summed E-state index contributed by atoms with van der Waals surface area (Å²) >= 11 is 1.57. The van der Waals surface area contributed by atoms with Crippen LogP contribution in [0.15, 0.2) is 46.9 Å². The van der Waals surface area contributed by atoms with E-state index in [1.54, 1.807) is 23.5 Å². The number of benzene rings is 1. The number of furan rings is 1. The fourth-order valence-corrected chi connectivity index (χ4v) is 4.17.